The van der Waals surface area contributed by atoms with Crippen LogP contribution in [-0.4, -0.2) is 14.9 Å². The van der Waals surface area contributed by atoms with E-state index in [4.69, 9.17) is 0 Å². The third-order valence-corrected chi connectivity index (χ3v) is 3.02. The molecule has 72 valence electrons. The van der Waals surface area contributed by atoms with Gasteiger partial charge in [0, 0.05) is 23.5 Å². The molecular weight excluding hydrogens is 182 g/mol. The summed E-state index contributed by atoms with van der Waals surface area (Å²) in [4.78, 5) is 4.42. The van der Waals surface area contributed by atoms with Gasteiger partial charge in [0.15, 0.2) is 0 Å². The van der Waals surface area contributed by atoms with Crippen molar-refractivity contribution in [1.29, 1.82) is 0 Å². The molecule has 0 saturated heterocycles. The molecule has 1 heterocycles. The topological polar surface area (TPSA) is 37.8 Å². The van der Waals surface area contributed by atoms with Crippen molar-refractivity contribution in [2.45, 2.75) is 45.1 Å². The van der Waals surface area contributed by atoms with Gasteiger partial charge in [-0.05, 0) is 26.2 Å². The lowest BCUT2D eigenvalue weighted by atomic mass is 10.3. The van der Waals surface area contributed by atoms with Gasteiger partial charge in [-0.3, -0.25) is 0 Å². The standard InChI is InChI=1S/C9H15N3S/c1-3-4-7-10-8(13-12-7)11-9(2)5-6-9/h3-6H2,1-2H3,(H,10,11,12). The minimum Gasteiger partial charge on any atom is -0.355 e. The van der Waals surface area contributed by atoms with Crippen molar-refractivity contribution in [2.24, 2.45) is 0 Å². The largest absolute Gasteiger partial charge is 0.355 e. The summed E-state index contributed by atoms with van der Waals surface area (Å²) in [7, 11) is 0. The second-order valence-corrected chi connectivity index (χ2v) is 4.70. The Kier molecular flexibility index (Phi) is 2.24. The van der Waals surface area contributed by atoms with Gasteiger partial charge in [0.2, 0.25) is 5.13 Å². The van der Waals surface area contributed by atoms with E-state index in [0.717, 1.165) is 23.8 Å². The summed E-state index contributed by atoms with van der Waals surface area (Å²) in [5.41, 5.74) is 0.322. The van der Waals surface area contributed by atoms with Crippen LogP contribution in [0.1, 0.15) is 38.9 Å². The highest BCUT2D eigenvalue weighted by atomic mass is 32.1. The Morgan fingerprint density at radius 1 is 1.54 bits per heavy atom. The van der Waals surface area contributed by atoms with Crippen molar-refractivity contribution in [2.75, 3.05) is 5.32 Å². The van der Waals surface area contributed by atoms with Crippen LogP contribution in [0.25, 0.3) is 0 Å². The maximum absolute atomic E-state index is 4.42. The Hall–Kier alpha value is -0.640. The van der Waals surface area contributed by atoms with E-state index in [0.29, 0.717) is 5.54 Å². The Balaban J connectivity index is 1.97. The van der Waals surface area contributed by atoms with Crippen LogP contribution in [0.15, 0.2) is 0 Å². The highest BCUT2D eigenvalue weighted by Crippen LogP contribution is 2.38. The van der Waals surface area contributed by atoms with Gasteiger partial charge in [0.25, 0.3) is 0 Å². The zero-order valence-corrected chi connectivity index (χ0v) is 8.95. The summed E-state index contributed by atoms with van der Waals surface area (Å²) in [5, 5.41) is 4.41. The van der Waals surface area contributed by atoms with Crippen LogP contribution in [0.2, 0.25) is 0 Å². The Labute approximate surface area is 82.8 Å². The molecule has 0 amide bonds. The lowest BCUT2D eigenvalue weighted by Crippen LogP contribution is -2.15. The Bertz CT molecular complexity index is 291. The molecule has 1 saturated carbocycles. The Morgan fingerprint density at radius 2 is 2.31 bits per heavy atom. The molecule has 0 aliphatic heterocycles. The normalized spacial score (nSPS) is 18.6. The van der Waals surface area contributed by atoms with Crippen molar-refractivity contribution in [1.82, 2.24) is 9.36 Å². The number of nitrogens with zero attached hydrogens (tertiary/aromatic N) is 2. The molecule has 0 atom stereocenters. The summed E-state index contributed by atoms with van der Waals surface area (Å²) in [5.74, 6) is 0.985. The summed E-state index contributed by atoms with van der Waals surface area (Å²) >= 11 is 1.48. The zero-order chi connectivity index (χ0) is 9.31. The van der Waals surface area contributed by atoms with Crippen LogP contribution >= 0.6 is 11.5 Å². The predicted octanol–water partition coefficient (Wildman–Crippen LogP) is 2.46. The van der Waals surface area contributed by atoms with E-state index in [1.165, 1.54) is 24.4 Å². The van der Waals surface area contributed by atoms with Crippen molar-refractivity contribution in [3.05, 3.63) is 5.82 Å². The molecule has 0 spiro atoms. The fraction of sp³-hybridized carbons (Fsp3) is 0.778. The molecular formula is C9H15N3S. The lowest BCUT2D eigenvalue weighted by molar-refractivity contribution is 0.817. The van der Waals surface area contributed by atoms with Gasteiger partial charge < -0.3 is 5.32 Å². The van der Waals surface area contributed by atoms with Gasteiger partial charge in [0.1, 0.15) is 5.82 Å². The average Bonchev–Trinajstić information content (AvgIpc) is 2.61. The zero-order valence-electron chi connectivity index (χ0n) is 8.13. The molecule has 3 nitrogen and oxygen atoms in total. The quantitative estimate of drug-likeness (QED) is 0.805. The summed E-state index contributed by atoms with van der Waals surface area (Å²) in [6.07, 6.45) is 4.63. The smallest absolute Gasteiger partial charge is 0.202 e. The number of nitrogens with one attached hydrogen (secondary N) is 1. The SMILES string of the molecule is CCCc1nsc(NC2(C)CC2)n1. The van der Waals surface area contributed by atoms with Crippen LogP contribution in [0.3, 0.4) is 0 Å². The van der Waals surface area contributed by atoms with E-state index in [2.05, 4.69) is 28.5 Å². The van der Waals surface area contributed by atoms with E-state index in [9.17, 15) is 0 Å². The molecule has 1 N–H and O–H groups in total. The summed E-state index contributed by atoms with van der Waals surface area (Å²) < 4.78 is 4.29. The van der Waals surface area contributed by atoms with Crippen LogP contribution in [0.5, 0.6) is 0 Å². The van der Waals surface area contributed by atoms with E-state index in [1.807, 2.05) is 0 Å². The molecule has 0 unspecified atom stereocenters. The Morgan fingerprint density at radius 3 is 2.92 bits per heavy atom. The van der Waals surface area contributed by atoms with E-state index in [-0.39, 0.29) is 0 Å². The number of aryl methyl sites for hydroxylation is 1. The monoisotopic (exact) mass is 197 g/mol. The highest BCUT2D eigenvalue weighted by Gasteiger charge is 2.37. The molecule has 1 fully saturated rings. The molecule has 0 aromatic carbocycles. The van der Waals surface area contributed by atoms with Crippen molar-refractivity contribution in [3.63, 3.8) is 0 Å². The summed E-state index contributed by atoms with van der Waals surface area (Å²) in [6.45, 7) is 4.38. The molecule has 1 aromatic heterocycles. The second kappa shape index (κ2) is 3.25. The third-order valence-electron chi connectivity index (χ3n) is 2.35. The van der Waals surface area contributed by atoms with Gasteiger partial charge in [-0.25, -0.2) is 4.98 Å². The van der Waals surface area contributed by atoms with Crippen molar-refractivity contribution >= 4 is 16.7 Å². The molecule has 1 aliphatic carbocycles. The number of hydrogen-bond acceptors (Lipinski definition) is 4. The van der Waals surface area contributed by atoms with Crippen LogP contribution < -0.4 is 5.32 Å². The van der Waals surface area contributed by atoms with Crippen LogP contribution in [0.4, 0.5) is 5.13 Å². The van der Waals surface area contributed by atoms with E-state index >= 15 is 0 Å². The van der Waals surface area contributed by atoms with E-state index < -0.39 is 0 Å². The molecule has 2 rings (SSSR count). The molecule has 13 heavy (non-hydrogen) atoms. The minimum absolute atomic E-state index is 0.322. The third kappa shape index (κ3) is 2.18. The highest BCUT2D eigenvalue weighted by molar-refractivity contribution is 7.09. The average molecular weight is 197 g/mol. The van der Waals surface area contributed by atoms with Gasteiger partial charge in [-0.1, -0.05) is 6.92 Å². The van der Waals surface area contributed by atoms with Crippen molar-refractivity contribution in [3.8, 4) is 0 Å². The summed E-state index contributed by atoms with van der Waals surface area (Å²) in [6, 6.07) is 0. The molecule has 1 aliphatic rings. The number of rotatable bonds is 4. The molecule has 0 bridgehead atoms. The first kappa shape index (κ1) is 8.94. The first-order valence-corrected chi connectivity index (χ1v) is 5.60. The second-order valence-electron chi connectivity index (χ2n) is 3.95. The van der Waals surface area contributed by atoms with E-state index in [1.54, 1.807) is 0 Å². The molecule has 0 radical (unpaired) electrons. The van der Waals surface area contributed by atoms with Crippen molar-refractivity contribution < 1.29 is 0 Å². The van der Waals surface area contributed by atoms with Crippen LogP contribution in [0, 0.1) is 0 Å². The fourth-order valence-corrected chi connectivity index (χ4v) is 1.96. The number of aromatic nitrogens is 2. The number of hydrogen-bond donors (Lipinski definition) is 1. The first-order valence-electron chi connectivity index (χ1n) is 4.83. The lowest BCUT2D eigenvalue weighted by Gasteiger charge is -2.07. The maximum Gasteiger partial charge on any atom is 0.202 e. The predicted molar refractivity (Wildman–Crippen MR) is 55.2 cm³/mol. The first-order chi connectivity index (χ1) is 6.22. The fourth-order valence-electron chi connectivity index (χ4n) is 1.20. The van der Waals surface area contributed by atoms with Gasteiger partial charge in [0.05, 0.1) is 0 Å². The molecule has 1 aromatic rings. The van der Waals surface area contributed by atoms with Gasteiger partial charge in [-0.2, -0.15) is 4.37 Å². The van der Waals surface area contributed by atoms with Gasteiger partial charge >= 0.3 is 0 Å². The van der Waals surface area contributed by atoms with Gasteiger partial charge in [-0.15, -0.1) is 0 Å². The number of anilines is 1. The van der Waals surface area contributed by atoms with Crippen LogP contribution in [-0.2, 0) is 6.42 Å². The molecule has 4 heteroatoms. The minimum atomic E-state index is 0.322. The maximum atomic E-state index is 4.42.